The van der Waals surface area contributed by atoms with Crippen LogP contribution in [0.3, 0.4) is 0 Å². The number of piperidine rings is 2. The van der Waals surface area contributed by atoms with Gasteiger partial charge in [0.15, 0.2) is 5.78 Å². The third-order valence-electron chi connectivity index (χ3n) is 6.78. The normalized spacial score (nSPS) is 19.1. The van der Waals surface area contributed by atoms with Crippen LogP contribution in [0, 0.1) is 5.92 Å². The van der Waals surface area contributed by atoms with Gasteiger partial charge in [-0.15, -0.1) is 0 Å². The molecule has 0 aromatic heterocycles. The zero-order valence-electron chi connectivity index (χ0n) is 18.4. The van der Waals surface area contributed by atoms with E-state index < -0.39 is 10.0 Å². The highest BCUT2D eigenvalue weighted by molar-refractivity contribution is 7.89. The molecule has 0 bridgehead atoms. The minimum Gasteiger partial charge on any atom is -0.342 e. The summed E-state index contributed by atoms with van der Waals surface area (Å²) in [4.78, 5) is 26.6. The first kappa shape index (κ1) is 22.7. The summed E-state index contributed by atoms with van der Waals surface area (Å²) in [6, 6.07) is 16.5. The van der Waals surface area contributed by atoms with Gasteiger partial charge in [-0.05, 0) is 56.2 Å². The predicted octanol–water partition coefficient (Wildman–Crippen LogP) is 3.70. The Balaban J connectivity index is 1.31. The summed E-state index contributed by atoms with van der Waals surface area (Å²) in [5.41, 5.74) is 1.83. The number of ketones is 1. The van der Waals surface area contributed by atoms with Crippen LogP contribution in [0.15, 0.2) is 59.5 Å². The molecule has 0 saturated carbocycles. The van der Waals surface area contributed by atoms with Crippen molar-refractivity contribution in [1.82, 2.24) is 9.21 Å². The fourth-order valence-corrected chi connectivity index (χ4v) is 6.24. The van der Waals surface area contributed by atoms with Gasteiger partial charge in [0.05, 0.1) is 4.90 Å². The fourth-order valence-electron chi connectivity index (χ4n) is 4.77. The Hall–Kier alpha value is -2.51. The maximum absolute atomic E-state index is 13.1. The Morgan fingerprint density at radius 3 is 1.97 bits per heavy atom. The van der Waals surface area contributed by atoms with Gasteiger partial charge in [0, 0.05) is 37.7 Å². The Kier molecular flexibility index (Phi) is 6.76. The number of Topliss-reactive ketones (excluding diaryl/α,β-unsaturated/α-hetero) is 1. The second kappa shape index (κ2) is 9.55. The molecule has 4 rings (SSSR count). The van der Waals surface area contributed by atoms with Crippen LogP contribution in [0.25, 0.3) is 0 Å². The molecule has 2 fully saturated rings. The van der Waals surface area contributed by atoms with Crippen LogP contribution in [0.1, 0.15) is 54.4 Å². The molecular formula is C25H30N2O4S. The highest BCUT2D eigenvalue weighted by Crippen LogP contribution is 2.30. The van der Waals surface area contributed by atoms with Crippen molar-refractivity contribution in [2.75, 3.05) is 26.2 Å². The Labute approximate surface area is 190 Å². The van der Waals surface area contributed by atoms with Crippen molar-refractivity contribution in [2.45, 2.75) is 43.4 Å². The van der Waals surface area contributed by atoms with E-state index in [0.29, 0.717) is 37.4 Å². The molecule has 32 heavy (non-hydrogen) atoms. The van der Waals surface area contributed by atoms with Crippen molar-refractivity contribution in [3.8, 4) is 0 Å². The molecule has 6 nitrogen and oxygen atoms in total. The number of hydrogen-bond acceptors (Lipinski definition) is 4. The van der Waals surface area contributed by atoms with E-state index >= 15 is 0 Å². The Bertz CT molecular complexity index is 1050. The average molecular weight is 455 g/mol. The highest BCUT2D eigenvalue weighted by atomic mass is 32.2. The molecule has 0 unspecified atom stereocenters. The Morgan fingerprint density at radius 2 is 1.41 bits per heavy atom. The minimum atomic E-state index is -3.62. The van der Waals surface area contributed by atoms with Crippen molar-refractivity contribution >= 4 is 21.7 Å². The summed E-state index contributed by atoms with van der Waals surface area (Å²) < 4.78 is 27.4. The van der Waals surface area contributed by atoms with Gasteiger partial charge < -0.3 is 4.90 Å². The second-order valence-corrected chi connectivity index (χ2v) is 10.7. The monoisotopic (exact) mass is 454 g/mol. The first-order valence-electron chi connectivity index (χ1n) is 11.3. The maximum Gasteiger partial charge on any atom is 0.243 e. The van der Waals surface area contributed by atoms with Gasteiger partial charge in [0.25, 0.3) is 0 Å². The smallest absolute Gasteiger partial charge is 0.243 e. The van der Waals surface area contributed by atoms with Crippen LogP contribution in [-0.2, 0) is 14.8 Å². The van der Waals surface area contributed by atoms with E-state index in [9.17, 15) is 18.0 Å². The van der Waals surface area contributed by atoms with E-state index in [1.165, 1.54) is 28.9 Å². The highest BCUT2D eigenvalue weighted by Gasteiger charge is 2.35. The molecule has 0 aliphatic carbocycles. The molecule has 2 aliphatic heterocycles. The van der Waals surface area contributed by atoms with Crippen LogP contribution in [0.5, 0.6) is 0 Å². The standard InChI is InChI=1S/C25H30N2O4S/c1-19(28)20-7-9-24(10-8-20)32(30,31)27-17-13-23(14-18-27)25(29)26-15-11-22(12-16-26)21-5-3-2-4-6-21/h2-10,22-23H,11-18H2,1H3. The average Bonchev–Trinajstić information content (AvgIpc) is 2.84. The number of rotatable bonds is 5. The summed E-state index contributed by atoms with van der Waals surface area (Å²) in [6.45, 7) is 3.66. The molecule has 0 spiro atoms. The molecule has 2 aromatic rings. The molecule has 7 heteroatoms. The predicted molar refractivity (Wildman–Crippen MR) is 123 cm³/mol. The van der Waals surface area contributed by atoms with Gasteiger partial charge in [-0.2, -0.15) is 4.31 Å². The molecule has 0 atom stereocenters. The first-order valence-corrected chi connectivity index (χ1v) is 12.7. The lowest BCUT2D eigenvalue weighted by Crippen LogP contribution is -2.46. The lowest BCUT2D eigenvalue weighted by Gasteiger charge is -2.37. The van der Waals surface area contributed by atoms with Crippen LogP contribution in [0.4, 0.5) is 0 Å². The van der Waals surface area contributed by atoms with Crippen molar-refractivity contribution in [2.24, 2.45) is 5.92 Å². The summed E-state index contributed by atoms with van der Waals surface area (Å²) in [6.07, 6.45) is 3.03. The molecule has 2 heterocycles. The van der Waals surface area contributed by atoms with E-state index in [4.69, 9.17) is 0 Å². The number of hydrogen-bond donors (Lipinski definition) is 0. The Morgan fingerprint density at radius 1 is 0.812 bits per heavy atom. The molecule has 170 valence electrons. The van der Waals surface area contributed by atoms with Gasteiger partial charge in [0.1, 0.15) is 0 Å². The van der Waals surface area contributed by atoms with Crippen LogP contribution < -0.4 is 0 Å². The number of carbonyl (C=O) groups is 2. The van der Waals surface area contributed by atoms with Crippen LogP contribution >= 0.6 is 0 Å². The van der Waals surface area contributed by atoms with E-state index in [1.807, 2.05) is 11.0 Å². The lowest BCUT2D eigenvalue weighted by molar-refractivity contribution is -0.137. The van der Waals surface area contributed by atoms with Gasteiger partial charge in [-0.25, -0.2) is 8.42 Å². The maximum atomic E-state index is 13.1. The number of carbonyl (C=O) groups excluding carboxylic acids is 2. The topological polar surface area (TPSA) is 74.8 Å². The summed E-state index contributed by atoms with van der Waals surface area (Å²) in [5, 5.41) is 0. The van der Waals surface area contributed by atoms with Crippen LogP contribution in [0.2, 0.25) is 0 Å². The third kappa shape index (κ3) is 4.79. The molecule has 1 amide bonds. The molecule has 0 radical (unpaired) electrons. The quantitative estimate of drug-likeness (QED) is 0.646. The summed E-state index contributed by atoms with van der Waals surface area (Å²) >= 11 is 0. The largest absolute Gasteiger partial charge is 0.342 e. The zero-order valence-corrected chi connectivity index (χ0v) is 19.3. The first-order chi connectivity index (χ1) is 15.4. The molecular weight excluding hydrogens is 424 g/mol. The second-order valence-electron chi connectivity index (χ2n) is 8.77. The van der Waals surface area contributed by atoms with Gasteiger partial charge in [-0.1, -0.05) is 42.5 Å². The number of likely N-dealkylation sites (tertiary alicyclic amines) is 1. The minimum absolute atomic E-state index is 0.0962. The molecule has 2 aliphatic rings. The van der Waals surface area contributed by atoms with Crippen molar-refractivity contribution < 1.29 is 18.0 Å². The lowest BCUT2D eigenvalue weighted by atomic mass is 9.88. The summed E-state index contributed by atoms with van der Waals surface area (Å²) in [5.74, 6) is 0.455. The van der Waals surface area contributed by atoms with E-state index in [0.717, 1.165) is 25.9 Å². The van der Waals surface area contributed by atoms with E-state index in [-0.39, 0.29) is 22.5 Å². The van der Waals surface area contributed by atoms with E-state index in [2.05, 4.69) is 24.3 Å². The molecule has 0 N–H and O–H groups in total. The third-order valence-corrected chi connectivity index (χ3v) is 8.69. The number of nitrogens with zero attached hydrogens (tertiary/aromatic N) is 2. The van der Waals surface area contributed by atoms with Crippen molar-refractivity contribution in [3.63, 3.8) is 0 Å². The number of amides is 1. The van der Waals surface area contributed by atoms with E-state index in [1.54, 1.807) is 12.1 Å². The zero-order chi connectivity index (χ0) is 22.7. The summed E-state index contributed by atoms with van der Waals surface area (Å²) in [7, 11) is -3.62. The van der Waals surface area contributed by atoms with Crippen molar-refractivity contribution in [1.29, 1.82) is 0 Å². The fraction of sp³-hybridized carbons (Fsp3) is 0.440. The van der Waals surface area contributed by atoms with Gasteiger partial charge >= 0.3 is 0 Å². The number of sulfonamides is 1. The molecule has 2 saturated heterocycles. The van der Waals surface area contributed by atoms with Gasteiger partial charge in [-0.3, -0.25) is 9.59 Å². The van der Waals surface area contributed by atoms with Gasteiger partial charge in [0.2, 0.25) is 15.9 Å². The number of benzene rings is 2. The molecule has 2 aromatic carbocycles. The van der Waals surface area contributed by atoms with Crippen molar-refractivity contribution in [3.05, 3.63) is 65.7 Å². The SMILES string of the molecule is CC(=O)c1ccc(S(=O)(=O)N2CCC(C(=O)N3CCC(c4ccccc4)CC3)CC2)cc1. The van der Waals surface area contributed by atoms with Crippen LogP contribution in [-0.4, -0.2) is 55.5 Å².